The number of rotatable bonds is 6. The number of halogens is 4. The maximum absolute atomic E-state index is 12.8. The molecule has 10 heteroatoms. The van der Waals surface area contributed by atoms with Crippen molar-refractivity contribution >= 4 is 22.4 Å². The predicted molar refractivity (Wildman–Crippen MR) is 90.1 cm³/mol. The van der Waals surface area contributed by atoms with Crippen molar-refractivity contribution in [3.8, 4) is 0 Å². The van der Waals surface area contributed by atoms with Crippen LogP contribution in [0, 0.1) is 0 Å². The van der Waals surface area contributed by atoms with Crippen LogP contribution < -0.4 is 5.73 Å². The molecule has 144 valence electrons. The Balaban J connectivity index is 0.00000312. The van der Waals surface area contributed by atoms with Crippen molar-refractivity contribution in [2.24, 2.45) is 5.73 Å². The first-order chi connectivity index (χ1) is 11.2. The van der Waals surface area contributed by atoms with Crippen molar-refractivity contribution in [1.82, 2.24) is 4.31 Å². The summed E-state index contributed by atoms with van der Waals surface area (Å²) < 4.78 is 70.2. The van der Waals surface area contributed by atoms with Gasteiger partial charge in [-0.1, -0.05) is 6.07 Å². The highest BCUT2D eigenvalue weighted by Crippen LogP contribution is 2.31. The highest BCUT2D eigenvalue weighted by Gasteiger charge is 2.34. The third kappa shape index (κ3) is 5.82. The molecule has 0 unspecified atom stereocenters. The van der Waals surface area contributed by atoms with Gasteiger partial charge in [0.15, 0.2) is 0 Å². The lowest BCUT2D eigenvalue weighted by Crippen LogP contribution is -2.41. The zero-order valence-corrected chi connectivity index (χ0v) is 15.2. The summed E-state index contributed by atoms with van der Waals surface area (Å²) in [5.41, 5.74) is 4.41. The lowest BCUT2D eigenvalue weighted by molar-refractivity contribution is -0.137. The number of benzene rings is 1. The third-order valence-electron chi connectivity index (χ3n) is 3.90. The van der Waals surface area contributed by atoms with Gasteiger partial charge in [0, 0.05) is 19.7 Å². The molecule has 1 aliphatic heterocycles. The normalized spacial score (nSPS) is 17.3. The highest BCUT2D eigenvalue weighted by molar-refractivity contribution is 7.89. The summed E-state index contributed by atoms with van der Waals surface area (Å²) in [6, 6.07) is 3.84. The topological polar surface area (TPSA) is 72.6 Å². The molecule has 0 spiro atoms. The number of nitrogens with zero attached hydrogens (tertiary/aromatic N) is 1. The summed E-state index contributed by atoms with van der Waals surface area (Å²) in [5, 5.41) is 0. The molecule has 1 heterocycles. The Morgan fingerprint density at radius 2 is 1.88 bits per heavy atom. The number of hydrogen-bond acceptors (Lipinski definition) is 4. The van der Waals surface area contributed by atoms with E-state index in [1.54, 1.807) is 0 Å². The molecule has 0 aromatic heterocycles. The van der Waals surface area contributed by atoms with Crippen LogP contribution in [-0.2, 0) is 20.9 Å². The summed E-state index contributed by atoms with van der Waals surface area (Å²) in [6.45, 7) is 1.52. The average molecular weight is 403 g/mol. The van der Waals surface area contributed by atoms with E-state index in [0.717, 1.165) is 18.6 Å². The Bertz CT molecular complexity index is 648. The largest absolute Gasteiger partial charge is 0.416 e. The maximum Gasteiger partial charge on any atom is 0.416 e. The molecule has 0 amide bonds. The Morgan fingerprint density at radius 3 is 2.44 bits per heavy atom. The van der Waals surface area contributed by atoms with E-state index < -0.39 is 21.8 Å². The third-order valence-corrected chi connectivity index (χ3v) is 5.80. The summed E-state index contributed by atoms with van der Waals surface area (Å²) in [5.74, 6) is 0. The first-order valence-corrected chi connectivity index (χ1v) is 9.18. The van der Waals surface area contributed by atoms with Crippen molar-refractivity contribution in [2.45, 2.75) is 36.4 Å². The average Bonchev–Trinajstić information content (AvgIpc) is 2.55. The summed E-state index contributed by atoms with van der Waals surface area (Å²) in [4.78, 5) is -0.333. The van der Waals surface area contributed by atoms with Crippen LogP contribution in [0.2, 0.25) is 0 Å². The van der Waals surface area contributed by atoms with Gasteiger partial charge in [-0.05, 0) is 44.0 Å². The van der Waals surface area contributed by atoms with Crippen LogP contribution in [0.1, 0.15) is 24.8 Å². The van der Waals surface area contributed by atoms with Gasteiger partial charge in [-0.2, -0.15) is 17.5 Å². The second kappa shape index (κ2) is 9.18. The lowest BCUT2D eigenvalue weighted by Gasteiger charge is -2.31. The molecule has 1 aliphatic rings. The fourth-order valence-electron chi connectivity index (χ4n) is 2.55. The number of piperidine rings is 1. The van der Waals surface area contributed by atoms with E-state index in [1.165, 1.54) is 10.4 Å². The van der Waals surface area contributed by atoms with Crippen LogP contribution in [0.4, 0.5) is 13.2 Å². The molecular formula is C15H22ClF3N2O3S. The minimum absolute atomic E-state index is 0. The minimum Gasteiger partial charge on any atom is -0.378 e. The molecule has 0 bridgehead atoms. The summed E-state index contributed by atoms with van der Waals surface area (Å²) >= 11 is 0. The summed E-state index contributed by atoms with van der Waals surface area (Å²) in [6.07, 6.45) is -2.84. The van der Waals surface area contributed by atoms with Gasteiger partial charge >= 0.3 is 6.18 Å². The van der Waals surface area contributed by atoms with Crippen molar-refractivity contribution in [2.75, 3.05) is 26.2 Å². The lowest BCUT2D eigenvalue weighted by atomic mass is 10.1. The highest BCUT2D eigenvalue weighted by atomic mass is 35.5. The van der Waals surface area contributed by atoms with Gasteiger partial charge in [0.25, 0.3) is 0 Å². The van der Waals surface area contributed by atoms with Gasteiger partial charge in [0.05, 0.1) is 16.6 Å². The molecule has 1 aromatic carbocycles. The van der Waals surface area contributed by atoms with Gasteiger partial charge < -0.3 is 10.5 Å². The minimum atomic E-state index is -4.57. The van der Waals surface area contributed by atoms with E-state index in [1.807, 2.05) is 0 Å². The van der Waals surface area contributed by atoms with E-state index in [4.69, 9.17) is 10.5 Å². The Morgan fingerprint density at radius 1 is 1.24 bits per heavy atom. The molecule has 25 heavy (non-hydrogen) atoms. The molecule has 0 atom stereocenters. The van der Waals surface area contributed by atoms with Crippen molar-refractivity contribution in [3.05, 3.63) is 29.8 Å². The van der Waals surface area contributed by atoms with Crippen LogP contribution in [-0.4, -0.2) is 45.1 Å². The van der Waals surface area contributed by atoms with E-state index in [0.29, 0.717) is 32.1 Å². The fraction of sp³-hybridized carbons (Fsp3) is 0.600. The van der Waals surface area contributed by atoms with E-state index >= 15 is 0 Å². The van der Waals surface area contributed by atoms with Crippen LogP contribution in [0.25, 0.3) is 0 Å². The number of hydrogen-bond donors (Lipinski definition) is 1. The number of sulfonamides is 1. The van der Waals surface area contributed by atoms with Crippen LogP contribution >= 0.6 is 12.4 Å². The van der Waals surface area contributed by atoms with Gasteiger partial charge in [-0.25, -0.2) is 8.42 Å². The standard InChI is InChI=1S/C15H21F3N2O3S.ClH/c16-15(17,18)12-3-1-4-14(11-12)24(21,22)20-8-5-13(6-9-20)23-10-2-7-19;/h1,3-4,11,13H,2,5-10,19H2;1H. The quantitative estimate of drug-likeness (QED) is 0.742. The maximum atomic E-state index is 12.8. The van der Waals surface area contributed by atoms with E-state index in [-0.39, 0.29) is 36.5 Å². The van der Waals surface area contributed by atoms with Gasteiger partial charge in [0.1, 0.15) is 0 Å². The van der Waals surface area contributed by atoms with Crippen molar-refractivity contribution < 1.29 is 26.3 Å². The molecule has 1 aromatic rings. The molecule has 0 saturated carbocycles. The molecule has 1 fully saturated rings. The van der Waals surface area contributed by atoms with Crippen LogP contribution in [0.15, 0.2) is 29.2 Å². The van der Waals surface area contributed by atoms with Crippen molar-refractivity contribution in [1.29, 1.82) is 0 Å². The smallest absolute Gasteiger partial charge is 0.378 e. The zero-order chi connectivity index (χ0) is 17.8. The van der Waals surface area contributed by atoms with Crippen LogP contribution in [0.5, 0.6) is 0 Å². The van der Waals surface area contributed by atoms with Gasteiger partial charge in [-0.15, -0.1) is 12.4 Å². The van der Waals surface area contributed by atoms with E-state index in [2.05, 4.69) is 0 Å². The Labute approximate surface area is 151 Å². The first-order valence-electron chi connectivity index (χ1n) is 7.74. The second-order valence-electron chi connectivity index (χ2n) is 5.64. The number of ether oxygens (including phenoxy) is 1. The molecular weight excluding hydrogens is 381 g/mol. The molecule has 1 saturated heterocycles. The molecule has 5 nitrogen and oxygen atoms in total. The first kappa shape index (κ1) is 22.2. The molecule has 0 radical (unpaired) electrons. The number of nitrogens with two attached hydrogens (primary N) is 1. The van der Waals surface area contributed by atoms with E-state index in [9.17, 15) is 21.6 Å². The molecule has 2 rings (SSSR count). The Kier molecular flexibility index (Phi) is 8.14. The van der Waals surface area contributed by atoms with Gasteiger partial charge in [0.2, 0.25) is 10.0 Å². The molecule has 0 aliphatic carbocycles. The predicted octanol–water partition coefficient (Wildman–Crippen LogP) is 2.65. The monoisotopic (exact) mass is 402 g/mol. The van der Waals surface area contributed by atoms with Crippen LogP contribution in [0.3, 0.4) is 0 Å². The number of alkyl halides is 3. The Hall–Kier alpha value is -0.870. The summed E-state index contributed by atoms with van der Waals surface area (Å²) in [7, 11) is -3.94. The SMILES string of the molecule is Cl.NCCCOC1CCN(S(=O)(=O)c2cccc(C(F)(F)F)c2)CC1. The fourth-order valence-corrected chi connectivity index (χ4v) is 4.07. The van der Waals surface area contributed by atoms with Gasteiger partial charge in [-0.3, -0.25) is 0 Å². The zero-order valence-electron chi connectivity index (χ0n) is 13.5. The molecule has 2 N–H and O–H groups in total. The second-order valence-corrected chi connectivity index (χ2v) is 7.58. The van der Waals surface area contributed by atoms with Crippen molar-refractivity contribution in [3.63, 3.8) is 0 Å².